The van der Waals surface area contributed by atoms with Gasteiger partial charge in [-0.1, -0.05) is 19.1 Å². The summed E-state index contributed by atoms with van der Waals surface area (Å²) in [7, 11) is 6.96. The van der Waals surface area contributed by atoms with Crippen molar-refractivity contribution in [1.29, 1.82) is 0 Å². The van der Waals surface area contributed by atoms with E-state index in [4.69, 9.17) is 9.47 Å². The molecule has 0 aliphatic carbocycles. The average Bonchev–Trinajstić information content (AvgIpc) is 2.43. The van der Waals surface area contributed by atoms with Crippen LogP contribution in [-0.2, 0) is 16.0 Å². The molecule has 0 spiro atoms. The van der Waals surface area contributed by atoms with Gasteiger partial charge in [0.15, 0.2) is 0 Å². The van der Waals surface area contributed by atoms with E-state index in [2.05, 4.69) is 13.0 Å². The lowest BCUT2D eigenvalue weighted by atomic mass is 9.98. The van der Waals surface area contributed by atoms with Gasteiger partial charge in [0.25, 0.3) is 0 Å². The highest BCUT2D eigenvalue weighted by molar-refractivity contribution is 5.70. The minimum atomic E-state index is -0.220. The number of ether oxygens (including phenoxy) is 2. The van der Waals surface area contributed by atoms with Crippen molar-refractivity contribution in [2.45, 2.75) is 25.8 Å². The molecular weight excluding hydrogens is 242 g/mol. The largest absolute Gasteiger partial charge is 0.496 e. The molecule has 0 radical (unpaired) electrons. The van der Waals surface area contributed by atoms with Crippen LogP contribution in [0.4, 0.5) is 0 Å². The number of methoxy groups -OCH3 is 2. The molecule has 1 rings (SSSR count). The SMILES string of the molecule is CCc1ccc(OC)c(C(CC(=O)OC)N(C)C)c1. The molecule has 0 fully saturated rings. The summed E-state index contributed by atoms with van der Waals surface area (Å²) in [6.07, 6.45) is 1.27. The number of hydrogen-bond donors (Lipinski definition) is 0. The third-order valence-electron chi connectivity index (χ3n) is 3.27. The number of nitrogens with zero attached hydrogens (tertiary/aromatic N) is 1. The van der Waals surface area contributed by atoms with E-state index in [-0.39, 0.29) is 12.0 Å². The molecule has 1 aromatic rings. The van der Waals surface area contributed by atoms with Gasteiger partial charge in [-0.2, -0.15) is 0 Å². The minimum Gasteiger partial charge on any atom is -0.496 e. The van der Waals surface area contributed by atoms with Gasteiger partial charge < -0.3 is 14.4 Å². The summed E-state index contributed by atoms with van der Waals surface area (Å²) in [6, 6.07) is 6.07. The van der Waals surface area contributed by atoms with E-state index in [9.17, 15) is 4.79 Å². The molecule has 4 nitrogen and oxygen atoms in total. The Kier molecular flexibility index (Phi) is 5.83. The second-order valence-corrected chi connectivity index (χ2v) is 4.69. The van der Waals surface area contributed by atoms with Gasteiger partial charge in [-0.25, -0.2) is 0 Å². The number of aryl methyl sites for hydroxylation is 1. The zero-order valence-corrected chi connectivity index (χ0v) is 12.4. The molecule has 1 atom stereocenters. The van der Waals surface area contributed by atoms with Crippen molar-refractivity contribution in [1.82, 2.24) is 4.90 Å². The predicted molar refractivity (Wildman–Crippen MR) is 75.4 cm³/mol. The molecule has 1 aromatic carbocycles. The van der Waals surface area contributed by atoms with Crippen LogP contribution in [0.1, 0.15) is 30.5 Å². The van der Waals surface area contributed by atoms with Crippen molar-refractivity contribution >= 4 is 5.97 Å². The minimum absolute atomic E-state index is 0.0473. The summed E-state index contributed by atoms with van der Waals surface area (Å²) in [6.45, 7) is 2.11. The second kappa shape index (κ2) is 7.14. The second-order valence-electron chi connectivity index (χ2n) is 4.69. The molecule has 0 N–H and O–H groups in total. The van der Waals surface area contributed by atoms with Crippen molar-refractivity contribution in [3.05, 3.63) is 29.3 Å². The summed E-state index contributed by atoms with van der Waals surface area (Å²) in [5.74, 6) is 0.586. The molecule has 106 valence electrons. The van der Waals surface area contributed by atoms with Gasteiger partial charge in [-0.05, 0) is 32.1 Å². The summed E-state index contributed by atoms with van der Waals surface area (Å²) >= 11 is 0. The smallest absolute Gasteiger partial charge is 0.307 e. The van der Waals surface area contributed by atoms with Gasteiger partial charge >= 0.3 is 5.97 Å². The molecule has 0 heterocycles. The van der Waals surface area contributed by atoms with Crippen LogP contribution in [-0.4, -0.2) is 39.2 Å². The van der Waals surface area contributed by atoms with Crippen molar-refractivity contribution in [2.24, 2.45) is 0 Å². The first-order chi connectivity index (χ1) is 9.03. The van der Waals surface area contributed by atoms with Gasteiger partial charge in [0.2, 0.25) is 0 Å². The molecule has 0 saturated carbocycles. The average molecular weight is 265 g/mol. The highest BCUT2D eigenvalue weighted by atomic mass is 16.5. The fourth-order valence-corrected chi connectivity index (χ4v) is 2.08. The van der Waals surface area contributed by atoms with Crippen LogP contribution in [0.5, 0.6) is 5.75 Å². The third kappa shape index (κ3) is 3.96. The number of carbonyl (C=O) groups excluding carboxylic acids is 1. The number of benzene rings is 1. The molecule has 4 heteroatoms. The number of hydrogen-bond acceptors (Lipinski definition) is 4. The Balaban J connectivity index is 3.16. The van der Waals surface area contributed by atoms with Crippen LogP contribution < -0.4 is 4.74 Å². The van der Waals surface area contributed by atoms with Crippen LogP contribution in [0.2, 0.25) is 0 Å². The first-order valence-corrected chi connectivity index (χ1v) is 6.43. The molecule has 0 amide bonds. The molecule has 0 saturated heterocycles. The standard InChI is InChI=1S/C15H23NO3/c1-6-11-7-8-14(18-4)12(9-11)13(16(2)3)10-15(17)19-5/h7-9,13H,6,10H2,1-5H3. The Morgan fingerprint density at radius 1 is 1.32 bits per heavy atom. The van der Waals surface area contributed by atoms with Crippen molar-refractivity contribution < 1.29 is 14.3 Å². The van der Waals surface area contributed by atoms with Crippen LogP contribution in [0.3, 0.4) is 0 Å². The highest BCUT2D eigenvalue weighted by Gasteiger charge is 2.22. The van der Waals surface area contributed by atoms with Gasteiger partial charge in [0.05, 0.1) is 20.6 Å². The monoisotopic (exact) mass is 265 g/mol. The Labute approximate surface area is 115 Å². The van der Waals surface area contributed by atoms with Crippen LogP contribution in [0.25, 0.3) is 0 Å². The summed E-state index contributed by atoms with van der Waals surface area (Å²) in [4.78, 5) is 13.6. The molecular formula is C15H23NO3. The Hall–Kier alpha value is -1.55. The van der Waals surface area contributed by atoms with Gasteiger partial charge in [0, 0.05) is 11.6 Å². The quantitative estimate of drug-likeness (QED) is 0.740. The first kappa shape index (κ1) is 15.5. The fourth-order valence-electron chi connectivity index (χ4n) is 2.08. The van der Waals surface area contributed by atoms with Crippen LogP contribution in [0, 0.1) is 0 Å². The lowest BCUT2D eigenvalue weighted by Gasteiger charge is -2.25. The third-order valence-corrected chi connectivity index (χ3v) is 3.27. The Morgan fingerprint density at radius 2 is 2.00 bits per heavy atom. The fraction of sp³-hybridized carbons (Fsp3) is 0.533. The Morgan fingerprint density at radius 3 is 2.47 bits per heavy atom. The molecule has 0 bridgehead atoms. The normalized spacial score (nSPS) is 12.3. The summed E-state index contributed by atoms with van der Waals surface area (Å²) < 4.78 is 10.2. The molecule has 19 heavy (non-hydrogen) atoms. The van der Waals surface area contributed by atoms with Gasteiger partial charge in [0.1, 0.15) is 5.75 Å². The lowest BCUT2D eigenvalue weighted by Crippen LogP contribution is -2.24. The predicted octanol–water partition coefficient (Wildman–Crippen LogP) is 2.42. The van der Waals surface area contributed by atoms with E-state index in [0.717, 1.165) is 17.7 Å². The number of rotatable bonds is 6. The van der Waals surface area contributed by atoms with Gasteiger partial charge in [-0.3, -0.25) is 4.79 Å². The van der Waals surface area contributed by atoms with E-state index >= 15 is 0 Å². The molecule has 0 aliphatic heterocycles. The van der Waals surface area contributed by atoms with E-state index in [1.165, 1.54) is 12.7 Å². The number of carbonyl (C=O) groups is 1. The molecule has 1 unspecified atom stereocenters. The molecule has 0 aliphatic rings. The van der Waals surface area contributed by atoms with E-state index in [1.54, 1.807) is 7.11 Å². The maximum absolute atomic E-state index is 11.6. The summed E-state index contributed by atoms with van der Waals surface area (Å²) in [5, 5.41) is 0. The van der Waals surface area contributed by atoms with E-state index < -0.39 is 0 Å². The van der Waals surface area contributed by atoms with Crippen LogP contribution in [0.15, 0.2) is 18.2 Å². The van der Waals surface area contributed by atoms with Crippen molar-refractivity contribution in [3.63, 3.8) is 0 Å². The first-order valence-electron chi connectivity index (χ1n) is 6.43. The van der Waals surface area contributed by atoms with Gasteiger partial charge in [-0.15, -0.1) is 0 Å². The molecule has 0 aromatic heterocycles. The number of esters is 1. The maximum atomic E-state index is 11.6. The Bertz CT molecular complexity index is 429. The zero-order valence-electron chi connectivity index (χ0n) is 12.4. The zero-order chi connectivity index (χ0) is 14.4. The van der Waals surface area contributed by atoms with Crippen LogP contribution >= 0.6 is 0 Å². The lowest BCUT2D eigenvalue weighted by molar-refractivity contribution is -0.141. The topological polar surface area (TPSA) is 38.8 Å². The summed E-state index contributed by atoms with van der Waals surface area (Å²) in [5.41, 5.74) is 2.25. The van der Waals surface area contributed by atoms with Crippen molar-refractivity contribution in [3.8, 4) is 5.75 Å². The maximum Gasteiger partial charge on any atom is 0.307 e. The van der Waals surface area contributed by atoms with E-state index in [0.29, 0.717) is 6.42 Å². The highest BCUT2D eigenvalue weighted by Crippen LogP contribution is 2.31. The van der Waals surface area contributed by atoms with E-state index in [1.807, 2.05) is 31.1 Å². The van der Waals surface area contributed by atoms with Crippen molar-refractivity contribution in [2.75, 3.05) is 28.3 Å².